The Labute approximate surface area is 247 Å². The number of carbonyl (C=O) groups is 3. The summed E-state index contributed by atoms with van der Waals surface area (Å²) in [5.41, 5.74) is 0. The van der Waals surface area contributed by atoms with Crippen LogP contribution in [0.4, 0.5) is 0 Å². The summed E-state index contributed by atoms with van der Waals surface area (Å²) in [7, 11) is 0. The van der Waals surface area contributed by atoms with Crippen molar-refractivity contribution in [3.63, 3.8) is 0 Å². The summed E-state index contributed by atoms with van der Waals surface area (Å²) < 4.78 is 0. The maximum atomic E-state index is 9.93. The summed E-state index contributed by atoms with van der Waals surface area (Å²) in [4.78, 5) is 29.6. The number of carbonyl (C=O) groups excluding carboxylic acids is 3. The van der Waals surface area contributed by atoms with E-state index < -0.39 is 0 Å². The molecule has 0 aromatic heterocycles. The molecule has 0 saturated heterocycles. The molecule has 0 spiro atoms. The summed E-state index contributed by atoms with van der Waals surface area (Å²) in [6, 6.07) is 0. The van der Waals surface area contributed by atoms with Crippen LogP contribution in [0.2, 0.25) is 0 Å². The van der Waals surface area contributed by atoms with E-state index in [1.807, 2.05) is 45.9 Å². The summed E-state index contributed by atoms with van der Waals surface area (Å²) in [6.07, 6.45) is 21.4. The van der Waals surface area contributed by atoms with E-state index in [2.05, 4.69) is 54.2 Å². The Bertz CT molecular complexity index is 587. The van der Waals surface area contributed by atoms with Crippen molar-refractivity contribution in [2.75, 3.05) is 0 Å². The maximum absolute atomic E-state index is 9.93. The molecule has 5 heteroatoms. The highest BCUT2D eigenvalue weighted by molar-refractivity contribution is 5.65. The molecule has 0 saturated carbocycles. The molecule has 232 valence electrons. The predicted molar refractivity (Wildman–Crippen MR) is 173 cm³/mol. The van der Waals surface area contributed by atoms with Gasteiger partial charge in [-0.3, -0.25) is 14.4 Å². The molecule has 5 nitrogen and oxygen atoms in total. The van der Waals surface area contributed by atoms with Gasteiger partial charge < -0.3 is 10.2 Å². The maximum Gasteiger partial charge on any atom is 0.142 e. The Morgan fingerprint density at radius 3 is 1.00 bits per heavy atom. The fraction of sp³-hybridized carbons (Fsp3) is 0.629. The second-order valence-corrected chi connectivity index (χ2v) is 10.3. The van der Waals surface area contributed by atoms with Gasteiger partial charge in [-0.15, -0.1) is 0 Å². The van der Waals surface area contributed by atoms with Crippen LogP contribution in [0.1, 0.15) is 94.9 Å². The highest BCUT2D eigenvalue weighted by Gasteiger charge is 2.08. The molecule has 0 heterocycles. The van der Waals surface area contributed by atoms with Crippen molar-refractivity contribution in [2.24, 2.45) is 35.5 Å². The van der Waals surface area contributed by atoms with E-state index in [1.54, 1.807) is 18.2 Å². The monoisotopic (exact) mass is 562 g/mol. The number of aliphatic hydroxyl groups is 2. The van der Waals surface area contributed by atoms with E-state index in [0.717, 1.165) is 37.6 Å². The van der Waals surface area contributed by atoms with Crippen molar-refractivity contribution < 1.29 is 24.6 Å². The number of allylic oxidation sites excluding steroid dienone is 7. The Morgan fingerprint density at radius 1 is 0.500 bits per heavy atom. The smallest absolute Gasteiger partial charge is 0.142 e. The van der Waals surface area contributed by atoms with Crippen LogP contribution in [-0.2, 0) is 14.4 Å². The molecule has 2 N–H and O–H groups in total. The lowest BCUT2D eigenvalue weighted by Gasteiger charge is -2.12. The molecule has 0 aromatic rings. The van der Waals surface area contributed by atoms with E-state index in [4.69, 9.17) is 0 Å². The average molecular weight is 563 g/mol. The molecule has 0 unspecified atom stereocenters. The minimum absolute atomic E-state index is 0.0789. The van der Waals surface area contributed by atoms with E-state index in [9.17, 15) is 24.6 Å². The molecule has 0 fully saturated rings. The van der Waals surface area contributed by atoms with Gasteiger partial charge in [0.1, 0.15) is 18.9 Å². The van der Waals surface area contributed by atoms with E-state index >= 15 is 0 Å². The summed E-state index contributed by atoms with van der Waals surface area (Å²) in [5, 5.41) is 18.4. The fourth-order valence-corrected chi connectivity index (χ4v) is 3.04. The van der Waals surface area contributed by atoms with Gasteiger partial charge in [-0.1, -0.05) is 125 Å². The Balaban J connectivity index is -0.000000216. The van der Waals surface area contributed by atoms with Gasteiger partial charge in [-0.25, -0.2) is 0 Å². The van der Waals surface area contributed by atoms with Gasteiger partial charge in [0.2, 0.25) is 0 Å². The van der Waals surface area contributed by atoms with Crippen molar-refractivity contribution in [2.45, 2.75) is 107 Å². The van der Waals surface area contributed by atoms with Crippen LogP contribution in [0.3, 0.4) is 0 Å². The molecule has 0 amide bonds. The zero-order chi connectivity index (χ0) is 31.9. The fourth-order valence-electron chi connectivity index (χ4n) is 3.04. The number of rotatable bonds is 16. The first-order chi connectivity index (χ1) is 18.9. The molecule has 0 radical (unpaired) electrons. The standard InChI is InChI=1S/C10H18.C9H16O.2C8H14O2/c1-5-7-8-10(4)9(3)6-2;1-4-8(2)9(3)6-5-7-10;2*1-3-8(10)7(2)5-4-6-9/h5,7-10H,1,6H2,2-4H3;5-9H,4H2,1-3H3;2*4-8,10H,3H2,1-2H3/b8-7-;6-5-;2*5-4-/t9-,10-;8-,9+;7-,8+;7-,8-/m0001/s1. The molecule has 0 bridgehead atoms. The lowest BCUT2D eigenvalue weighted by atomic mass is 9.93. The van der Waals surface area contributed by atoms with Crippen LogP contribution >= 0.6 is 0 Å². The summed E-state index contributed by atoms with van der Waals surface area (Å²) in [5.74, 6) is 2.83. The van der Waals surface area contributed by atoms with Gasteiger partial charge >= 0.3 is 0 Å². The molecule has 8 atom stereocenters. The lowest BCUT2D eigenvalue weighted by molar-refractivity contribution is -0.104. The number of aldehydes is 3. The van der Waals surface area contributed by atoms with Gasteiger partial charge in [0.15, 0.2) is 0 Å². The van der Waals surface area contributed by atoms with Crippen LogP contribution in [0, 0.1) is 35.5 Å². The van der Waals surface area contributed by atoms with E-state index in [0.29, 0.717) is 17.8 Å². The predicted octanol–water partition coefficient (Wildman–Crippen LogP) is 8.13. The Hall–Kier alpha value is -2.37. The van der Waals surface area contributed by atoms with Crippen molar-refractivity contribution in [1.82, 2.24) is 0 Å². The van der Waals surface area contributed by atoms with Gasteiger partial charge in [-0.05, 0) is 54.7 Å². The van der Waals surface area contributed by atoms with Crippen molar-refractivity contribution in [3.05, 3.63) is 61.3 Å². The molecule has 0 aromatic carbocycles. The third kappa shape index (κ3) is 30.2. The first-order valence-electron chi connectivity index (χ1n) is 14.9. The third-order valence-electron chi connectivity index (χ3n) is 7.16. The second-order valence-electron chi connectivity index (χ2n) is 10.3. The van der Waals surface area contributed by atoms with Crippen LogP contribution in [0.15, 0.2) is 61.3 Å². The Kier molecular flexibility index (Phi) is 36.7. The summed E-state index contributed by atoms with van der Waals surface area (Å²) >= 11 is 0. The Morgan fingerprint density at radius 2 is 0.775 bits per heavy atom. The topological polar surface area (TPSA) is 91.7 Å². The first-order valence-corrected chi connectivity index (χ1v) is 14.9. The minimum atomic E-state index is -0.323. The van der Waals surface area contributed by atoms with Crippen LogP contribution in [0.25, 0.3) is 0 Å². The highest BCUT2D eigenvalue weighted by Crippen LogP contribution is 2.15. The SMILES string of the molecule is C=C/C=C\[C@H](C)[C@@H](C)CC.CC[C@@H](O)[C@@H](C)/C=C\C=O.CC[C@@H](O)[C@H](C)/C=C\C=O.CC[C@H](C)[C@H](C)/C=C\C=O. The van der Waals surface area contributed by atoms with Crippen molar-refractivity contribution in [1.29, 1.82) is 0 Å². The van der Waals surface area contributed by atoms with Crippen LogP contribution in [-0.4, -0.2) is 41.3 Å². The molecule has 0 aliphatic rings. The second kappa shape index (κ2) is 32.8. The first kappa shape index (κ1) is 44.6. The molecular weight excluding hydrogens is 500 g/mol. The summed E-state index contributed by atoms with van der Waals surface area (Å²) in [6.45, 7) is 24.5. The number of aliphatic hydroxyl groups excluding tert-OH is 2. The van der Waals surface area contributed by atoms with Gasteiger partial charge in [0, 0.05) is 11.8 Å². The average Bonchev–Trinajstić information content (AvgIpc) is 2.98. The van der Waals surface area contributed by atoms with Gasteiger partial charge in [0.25, 0.3) is 0 Å². The van der Waals surface area contributed by atoms with Gasteiger partial charge in [0.05, 0.1) is 12.2 Å². The van der Waals surface area contributed by atoms with Crippen LogP contribution < -0.4 is 0 Å². The van der Waals surface area contributed by atoms with Crippen molar-refractivity contribution in [3.8, 4) is 0 Å². The molecule has 40 heavy (non-hydrogen) atoms. The molecule has 0 aliphatic carbocycles. The zero-order valence-corrected chi connectivity index (χ0v) is 27.2. The quantitative estimate of drug-likeness (QED) is 0.113. The minimum Gasteiger partial charge on any atom is -0.393 e. The van der Waals surface area contributed by atoms with Gasteiger partial charge in [-0.2, -0.15) is 0 Å². The van der Waals surface area contributed by atoms with E-state index in [1.165, 1.54) is 25.0 Å². The molecular formula is C35H62O5. The van der Waals surface area contributed by atoms with E-state index in [-0.39, 0.29) is 24.0 Å². The molecule has 0 rings (SSSR count). The normalized spacial score (nSPS) is 17.1. The third-order valence-corrected chi connectivity index (χ3v) is 7.16. The largest absolute Gasteiger partial charge is 0.393 e. The van der Waals surface area contributed by atoms with Crippen LogP contribution in [0.5, 0.6) is 0 Å². The highest BCUT2D eigenvalue weighted by atomic mass is 16.3. The van der Waals surface area contributed by atoms with Crippen molar-refractivity contribution >= 4 is 18.9 Å². The number of hydrogen-bond acceptors (Lipinski definition) is 5. The zero-order valence-electron chi connectivity index (χ0n) is 27.2. The number of hydrogen-bond donors (Lipinski definition) is 2. The molecule has 0 aliphatic heterocycles. The lowest BCUT2D eigenvalue weighted by Crippen LogP contribution is -2.13.